The van der Waals surface area contributed by atoms with Crippen LogP contribution < -0.4 is 15.0 Å². The molecule has 0 saturated carbocycles. The van der Waals surface area contributed by atoms with Gasteiger partial charge in [0.2, 0.25) is 0 Å². The molecule has 0 bridgehead atoms. The van der Waals surface area contributed by atoms with E-state index in [1.165, 1.54) is 0 Å². The number of pyridine rings is 1. The normalized spacial score (nSPS) is 14.3. The summed E-state index contributed by atoms with van der Waals surface area (Å²) in [5.41, 5.74) is 3.08. The van der Waals surface area contributed by atoms with Crippen LogP contribution in [-0.4, -0.2) is 52.4 Å². The van der Waals surface area contributed by atoms with Crippen molar-refractivity contribution >= 4 is 23.3 Å². The van der Waals surface area contributed by atoms with E-state index in [1.54, 1.807) is 43.6 Å². The molecule has 4 rings (SSSR count). The van der Waals surface area contributed by atoms with Gasteiger partial charge in [-0.1, -0.05) is 6.07 Å². The largest absolute Gasteiger partial charge is 0.494 e. The van der Waals surface area contributed by atoms with Gasteiger partial charge in [0, 0.05) is 31.0 Å². The molecule has 0 aliphatic carbocycles. The van der Waals surface area contributed by atoms with Crippen molar-refractivity contribution in [1.82, 2.24) is 15.2 Å². The molecular weight excluding hydrogens is 398 g/mol. The molecule has 9 heteroatoms. The van der Waals surface area contributed by atoms with Crippen LogP contribution >= 0.6 is 0 Å². The van der Waals surface area contributed by atoms with E-state index in [2.05, 4.69) is 25.4 Å². The summed E-state index contributed by atoms with van der Waals surface area (Å²) < 4.78 is 5.49. The Hall–Kier alpha value is -3.88. The molecule has 0 atom stereocenters. The van der Waals surface area contributed by atoms with Crippen molar-refractivity contribution in [2.24, 2.45) is 5.92 Å². The van der Waals surface area contributed by atoms with Crippen LogP contribution in [0, 0.1) is 5.92 Å². The van der Waals surface area contributed by atoms with Crippen LogP contribution in [0.15, 0.2) is 48.7 Å². The Morgan fingerprint density at radius 1 is 1.19 bits per heavy atom. The van der Waals surface area contributed by atoms with E-state index in [9.17, 15) is 14.7 Å². The zero-order valence-corrected chi connectivity index (χ0v) is 17.0. The molecule has 0 unspecified atom stereocenters. The van der Waals surface area contributed by atoms with Crippen molar-refractivity contribution < 1.29 is 19.4 Å². The average molecular weight is 421 g/mol. The van der Waals surface area contributed by atoms with E-state index in [0.717, 1.165) is 11.4 Å². The number of amides is 1. The molecule has 3 heterocycles. The second-order valence-corrected chi connectivity index (χ2v) is 7.32. The Bertz CT molecular complexity index is 1080. The van der Waals surface area contributed by atoms with Crippen molar-refractivity contribution in [2.75, 3.05) is 30.4 Å². The average Bonchev–Trinajstić information content (AvgIpc) is 3.34. The van der Waals surface area contributed by atoms with Crippen molar-refractivity contribution in [3.63, 3.8) is 0 Å². The fourth-order valence-corrected chi connectivity index (χ4v) is 3.66. The van der Waals surface area contributed by atoms with Crippen molar-refractivity contribution in [1.29, 1.82) is 0 Å². The number of benzene rings is 1. The Morgan fingerprint density at radius 3 is 2.68 bits per heavy atom. The maximum Gasteiger partial charge on any atom is 0.306 e. The second-order valence-electron chi connectivity index (χ2n) is 7.32. The number of carboxylic acids is 1. The maximum absolute atomic E-state index is 12.8. The Balaban J connectivity index is 1.48. The summed E-state index contributed by atoms with van der Waals surface area (Å²) in [5, 5.41) is 18.8. The van der Waals surface area contributed by atoms with Gasteiger partial charge >= 0.3 is 5.97 Å². The molecule has 3 N–H and O–H groups in total. The first-order valence-electron chi connectivity index (χ1n) is 9.99. The SMILES string of the molecule is COc1cc(N2CCC(C(=O)O)CC2)ccc1NC(=O)c1cccc(-c2ccn[nH]2)n1. The lowest BCUT2D eigenvalue weighted by Crippen LogP contribution is -2.36. The molecule has 1 aliphatic heterocycles. The van der Waals surface area contributed by atoms with Gasteiger partial charge in [0.05, 0.1) is 30.1 Å². The molecule has 1 aromatic carbocycles. The van der Waals surface area contributed by atoms with Gasteiger partial charge in [-0.05, 0) is 43.2 Å². The molecule has 1 aliphatic rings. The molecule has 0 radical (unpaired) electrons. The van der Waals surface area contributed by atoms with E-state index in [4.69, 9.17) is 4.74 Å². The van der Waals surface area contributed by atoms with E-state index in [0.29, 0.717) is 43.1 Å². The third-order valence-corrected chi connectivity index (χ3v) is 5.40. The van der Waals surface area contributed by atoms with Gasteiger partial charge in [-0.15, -0.1) is 0 Å². The molecule has 160 valence electrons. The highest BCUT2D eigenvalue weighted by atomic mass is 16.5. The highest BCUT2D eigenvalue weighted by Gasteiger charge is 2.25. The summed E-state index contributed by atoms with van der Waals surface area (Å²) in [6.45, 7) is 1.33. The minimum Gasteiger partial charge on any atom is -0.494 e. The summed E-state index contributed by atoms with van der Waals surface area (Å²) >= 11 is 0. The number of hydrogen-bond donors (Lipinski definition) is 3. The summed E-state index contributed by atoms with van der Waals surface area (Å²) in [7, 11) is 1.54. The van der Waals surface area contributed by atoms with E-state index >= 15 is 0 Å². The van der Waals surface area contributed by atoms with Crippen LogP contribution in [0.25, 0.3) is 11.4 Å². The molecule has 1 amide bonds. The van der Waals surface area contributed by atoms with Crippen LogP contribution in [0.3, 0.4) is 0 Å². The summed E-state index contributed by atoms with van der Waals surface area (Å²) in [6, 6.07) is 12.5. The molecule has 2 aromatic heterocycles. The lowest BCUT2D eigenvalue weighted by Gasteiger charge is -2.32. The van der Waals surface area contributed by atoms with Crippen LogP contribution in [0.5, 0.6) is 5.75 Å². The number of aromatic amines is 1. The minimum atomic E-state index is -0.736. The summed E-state index contributed by atoms with van der Waals surface area (Å²) in [6.07, 6.45) is 2.84. The van der Waals surface area contributed by atoms with Gasteiger partial charge in [-0.3, -0.25) is 14.7 Å². The zero-order valence-electron chi connectivity index (χ0n) is 17.0. The van der Waals surface area contributed by atoms with Crippen LogP contribution in [0.4, 0.5) is 11.4 Å². The van der Waals surface area contributed by atoms with Gasteiger partial charge in [0.15, 0.2) is 0 Å². The number of piperidine rings is 1. The Morgan fingerprint density at radius 2 is 2.00 bits per heavy atom. The van der Waals surface area contributed by atoms with Gasteiger partial charge < -0.3 is 20.1 Å². The fourth-order valence-electron chi connectivity index (χ4n) is 3.66. The van der Waals surface area contributed by atoms with E-state index in [1.807, 2.05) is 12.1 Å². The Kier molecular flexibility index (Phi) is 5.83. The number of methoxy groups -OCH3 is 1. The van der Waals surface area contributed by atoms with Crippen molar-refractivity contribution in [3.8, 4) is 17.1 Å². The highest BCUT2D eigenvalue weighted by Crippen LogP contribution is 2.32. The van der Waals surface area contributed by atoms with Crippen molar-refractivity contribution in [2.45, 2.75) is 12.8 Å². The predicted octanol–water partition coefficient (Wildman–Crippen LogP) is 3.03. The third kappa shape index (κ3) is 4.50. The number of anilines is 2. The second kappa shape index (κ2) is 8.86. The number of aromatic nitrogens is 3. The van der Waals surface area contributed by atoms with E-state index < -0.39 is 5.97 Å². The quantitative estimate of drug-likeness (QED) is 0.559. The standard InChI is InChI=1S/C22H23N5O4/c1-31-20-13-15(27-11-8-14(9-12-27)22(29)30)5-6-18(20)25-21(28)19-4-2-3-16(24-19)17-7-10-23-26-17/h2-7,10,13-14H,8-9,11-12H2,1H3,(H,23,26)(H,25,28)(H,29,30). The molecule has 0 spiro atoms. The predicted molar refractivity (Wildman–Crippen MR) is 115 cm³/mol. The lowest BCUT2D eigenvalue weighted by molar-refractivity contribution is -0.142. The molecular formula is C22H23N5O4. The molecule has 1 fully saturated rings. The topological polar surface area (TPSA) is 120 Å². The Labute approximate surface area is 179 Å². The monoisotopic (exact) mass is 421 g/mol. The number of hydrogen-bond acceptors (Lipinski definition) is 6. The number of rotatable bonds is 6. The van der Waals surface area contributed by atoms with E-state index in [-0.39, 0.29) is 17.5 Å². The number of carbonyl (C=O) groups excluding carboxylic acids is 1. The smallest absolute Gasteiger partial charge is 0.306 e. The summed E-state index contributed by atoms with van der Waals surface area (Å²) in [5.74, 6) is -0.854. The first-order chi connectivity index (χ1) is 15.0. The van der Waals surface area contributed by atoms with Crippen LogP contribution in [0.1, 0.15) is 23.3 Å². The minimum absolute atomic E-state index is 0.272. The zero-order chi connectivity index (χ0) is 21.8. The van der Waals surface area contributed by atoms with Crippen molar-refractivity contribution in [3.05, 3.63) is 54.4 Å². The first kappa shape index (κ1) is 20.4. The summed E-state index contributed by atoms with van der Waals surface area (Å²) in [4.78, 5) is 30.5. The molecule has 1 saturated heterocycles. The highest BCUT2D eigenvalue weighted by molar-refractivity contribution is 6.04. The number of nitrogens with one attached hydrogen (secondary N) is 2. The lowest BCUT2D eigenvalue weighted by atomic mass is 9.97. The third-order valence-electron chi connectivity index (χ3n) is 5.40. The van der Waals surface area contributed by atoms with Gasteiger partial charge in [0.1, 0.15) is 11.4 Å². The number of carbonyl (C=O) groups is 2. The molecule has 3 aromatic rings. The van der Waals surface area contributed by atoms with Gasteiger partial charge in [0.25, 0.3) is 5.91 Å². The molecule has 31 heavy (non-hydrogen) atoms. The first-order valence-corrected chi connectivity index (χ1v) is 9.99. The van der Waals surface area contributed by atoms with Crippen LogP contribution in [0.2, 0.25) is 0 Å². The van der Waals surface area contributed by atoms with Crippen LogP contribution in [-0.2, 0) is 4.79 Å². The number of carboxylic acid groups (broad SMARTS) is 1. The number of H-pyrrole nitrogens is 1. The number of nitrogens with zero attached hydrogens (tertiary/aromatic N) is 3. The molecule has 9 nitrogen and oxygen atoms in total. The van der Waals surface area contributed by atoms with Gasteiger partial charge in [-0.2, -0.15) is 5.10 Å². The maximum atomic E-state index is 12.8. The van der Waals surface area contributed by atoms with Gasteiger partial charge in [-0.25, -0.2) is 4.98 Å². The number of ether oxygens (including phenoxy) is 1. The number of aliphatic carboxylic acids is 1. The fraction of sp³-hybridized carbons (Fsp3) is 0.273.